The lowest BCUT2D eigenvalue weighted by Crippen LogP contribution is -2.29. The molecule has 1 rings (SSSR count). The molecule has 0 unspecified atom stereocenters. The van der Waals surface area contributed by atoms with E-state index in [1.807, 2.05) is 12.4 Å². The summed E-state index contributed by atoms with van der Waals surface area (Å²) < 4.78 is 2.17. The van der Waals surface area contributed by atoms with Crippen molar-refractivity contribution in [3.05, 3.63) is 12.4 Å². The standard InChI is InChI=1S/C11H22N4/c1-3-8-15(9-5-6-12)11-13-7-10-14(11)4-2/h7,10H,3-6,8-9,12H2,1-2H3. The molecule has 15 heavy (non-hydrogen) atoms. The van der Waals surface area contributed by atoms with Crippen molar-refractivity contribution in [2.75, 3.05) is 24.5 Å². The van der Waals surface area contributed by atoms with Crippen LogP contribution in [0, 0.1) is 0 Å². The van der Waals surface area contributed by atoms with Crippen molar-refractivity contribution in [3.63, 3.8) is 0 Å². The molecule has 1 aromatic heterocycles. The highest BCUT2D eigenvalue weighted by molar-refractivity contribution is 5.30. The van der Waals surface area contributed by atoms with Crippen LogP contribution in [0.25, 0.3) is 0 Å². The molecule has 0 aliphatic heterocycles. The number of nitrogens with two attached hydrogens (primary N) is 1. The zero-order chi connectivity index (χ0) is 11.1. The molecule has 0 aliphatic rings. The number of hydrogen-bond acceptors (Lipinski definition) is 3. The summed E-state index contributed by atoms with van der Waals surface area (Å²) in [6.45, 7) is 8.09. The lowest BCUT2D eigenvalue weighted by atomic mass is 10.3. The Labute approximate surface area is 92.1 Å². The van der Waals surface area contributed by atoms with Crippen molar-refractivity contribution in [2.24, 2.45) is 5.73 Å². The Bertz CT molecular complexity index is 269. The van der Waals surface area contributed by atoms with E-state index in [4.69, 9.17) is 5.73 Å². The van der Waals surface area contributed by atoms with E-state index >= 15 is 0 Å². The molecule has 0 saturated heterocycles. The van der Waals surface area contributed by atoms with Crippen molar-refractivity contribution in [1.29, 1.82) is 0 Å². The molecule has 0 bridgehead atoms. The predicted octanol–water partition coefficient (Wildman–Crippen LogP) is 1.47. The molecule has 0 aromatic carbocycles. The van der Waals surface area contributed by atoms with Gasteiger partial charge in [0.25, 0.3) is 0 Å². The zero-order valence-corrected chi connectivity index (χ0v) is 9.82. The molecule has 1 aromatic rings. The second-order valence-corrected chi connectivity index (χ2v) is 3.64. The van der Waals surface area contributed by atoms with Gasteiger partial charge >= 0.3 is 0 Å². The molecule has 0 amide bonds. The van der Waals surface area contributed by atoms with Gasteiger partial charge in [-0.3, -0.25) is 0 Å². The van der Waals surface area contributed by atoms with Crippen molar-refractivity contribution < 1.29 is 0 Å². The maximum absolute atomic E-state index is 5.54. The van der Waals surface area contributed by atoms with E-state index in [0.717, 1.165) is 45.0 Å². The third-order valence-electron chi connectivity index (χ3n) is 2.44. The van der Waals surface area contributed by atoms with Gasteiger partial charge in [0.2, 0.25) is 5.95 Å². The van der Waals surface area contributed by atoms with Gasteiger partial charge < -0.3 is 15.2 Å². The van der Waals surface area contributed by atoms with Gasteiger partial charge in [-0.1, -0.05) is 6.92 Å². The molecular formula is C11H22N4. The van der Waals surface area contributed by atoms with Crippen LogP contribution in [0.1, 0.15) is 26.7 Å². The van der Waals surface area contributed by atoms with Crippen molar-refractivity contribution >= 4 is 5.95 Å². The van der Waals surface area contributed by atoms with Gasteiger partial charge in [-0.25, -0.2) is 4.98 Å². The molecule has 0 fully saturated rings. The minimum absolute atomic E-state index is 0.743. The fourth-order valence-electron chi connectivity index (χ4n) is 1.70. The Morgan fingerprint density at radius 1 is 1.40 bits per heavy atom. The quantitative estimate of drug-likeness (QED) is 0.741. The monoisotopic (exact) mass is 210 g/mol. The molecule has 86 valence electrons. The minimum atomic E-state index is 0.743. The van der Waals surface area contributed by atoms with Gasteiger partial charge in [0.05, 0.1) is 0 Å². The van der Waals surface area contributed by atoms with Gasteiger partial charge in [0.1, 0.15) is 0 Å². The van der Waals surface area contributed by atoms with Gasteiger partial charge in [0.15, 0.2) is 0 Å². The lowest BCUT2D eigenvalue weighted by Gasteiger charge is -2.23. The lowest BCUT2D eigenvalue weighted by molar-refractivity contribution is 0.661. The number of hydrogen-bond donors (Lipinski definition) is 1. The van der Waals surface area contributed by atoms with Crippen LogP contribution in [0.4, 0.5) is 5.95 Å². The fourth-order valence-corrected chi connectivity index (χ4v) is 1.70. The number of aromatic nitrogens is 2. The fraction of sp³-hybridized carbons (Fsp3) is 0.727. The van der Waals surface area contributed by atoms with Crippen LogP contribution in [0.5, 0.6) is 0 Å². The van der Waals surface area contributed by atoms with Crippen molar-refractivity contribution in [1.82, 2.24) is 9.55 Å². The van der Waals surface area contributed by atoms with Crippen LogP contribution in [0.15, 0.2) is 12.4 Å². The maximum atomic E-state index is 5.54. The van der Waals surface area contributed by atoms with Crippen LogP contribution in [-0.4, -0.2) is 29.2 Å². The molecule has 2 N–H and O–H groups in total. The Hall–Kier alpha value is -1.03. The van der Waals surface area contributed by atoms with E-state index in [1.54, 1.807) is 0 Å². The van der Waals surface area contributed by atoms with E-state index in [0.29, 0.717) is 0 Å². The first-order valence-electron chi connectivity index (χ1n) is 5.79. The van der Waals surface area contributed by atoms with E-state index in [-0.39, 0.29) is 0 Å². The summed E-state index contributed by atoms with van der Waals surface area (Å²) in [5.41, 5.74) is 5.54. The Balaban J connectivity index is 2.69. The van der Waals surface area contributed by atoms with Gasteiger partial charge in [0, 0.05) is 32.0 Å². The molecular weight excluding hydrogens is 188 g/mol. The molecule has 4 heteroatoms. The number of anilines is 1. The topological polar surface area (TPSA) is 47.1 Å². The number of rotatable bonds is 7. The first-order chi connectivity index (χ1) is 7.33. The second kappa shape index (κ2) is 6.45. The van der Waals surface area contributed by atoms with Crippen molar-refractivity contribution in [2.45, 2.75) is 33.2 Å². The number of aryl methyl sites for hydroxylation is 1. The van der Waals surface area contributed by atoms with Crippen LogP contribution >= 0.6 is 0 Å². The first kappa shape index (κ1) is 12.0. The first-order valence-corrected chi connectivity index (χ1v) is 5.79. The highest BCUT2D eigenvalue weighted by Gasteiger charge is 2.09. The summed E-state index contributed by atoms with van der Waals surface area (Å²) in [6.07, 6.45) is 6.06. The average Bonchev–Trinajstić information content (AvgIpc) is 2.72. The number of imidazole rings is 1. The highest BCUT2D eigenvalue weighted by atomic mass is 15.3. The smallest absolute Gasteiger partial charge is 0.205 e. The van der Waals surface area contributed by atoms with Gasteiger partial charge in [-0.15, -0.1) is 0 Å². The molecule has 4 nitrogen and oxygen atoms in total. The van der Waals surface area contributed by atoms with Crippen LogP contribution in [0.2, 0.25) is 0 Å². The summed E-state index contributed by atoms with van der Waals surface area (Å²) in [5, 5.41) is 0. The molecule has 0 atom stereocenters. The Kier molecular flexibility index (Phi) is 5.18. The third-order valence-corrected chi connectivity index (χ3v) is 2.44. The van der Waals surface area contributed by atoms with E-state index in [1.165, 1.54) is 0 Å². The SMILES string of the molecule is CCCN(CCCN)c1nccn1CC. The van der Waals surface area contributed by atoms with E-state index in [2.05, 4.69) is 28.3 Å². The maximum Gasteiger partial charge on any atom is 0.205 e. The van der Waals surface area contributed by atoms with Crippen LogP contribution in [0.3, 0.4) is 0 Å². The summed E-state index contributed by atoms with van der Waals surface area (Å²) in [7, 11) is 0. The van der Waals surface area contributed by atoms with E-state index in [9.17, 15) is 0 Å². The summed E-state index contributed by atoms with van der Waals surface area (Å²) in [5.74, 6) is 1.08. The van der Waals surface area contributed by atoms with E-state index < -0.39 is 0 Å². The second-order valence-electron chi connectivity index (χ2n) is 3.64. The Morgan fingerprint density at radius 3 is 2.80 bits per heavy atom. The highest BCUT2D eigenvalue weighted by Crippen LogP contribution is 2.12. The molecule has 1 heterocycles. The zero-order valence-electron chi connectivity index (χ0n) is 9.82. The molecule has 0 aliphatic carbocycles. The Morgan fingerprint density at radius 2 is 2.20 bits per heavy atom. The summed E-state index contributed by atoms with van der Waals surface area (Å²) in [6, 6.07) is 0. The number of nitrogens with zero attached hydrogens (tertiary/aromatic N) is 3. The largest absolute Gasteiger partial charge is 0.342 e. The van der Waals surface area contributed by atoms with Crippen LogP contribution < -0.4 is 10.6 Å². The van der Waals surface area contributed by atoms with Gasteiger partial charge in [-0.2, -0.15) is 0 Å². The summed E-state index contributed by atoms with van der Waals surface area (Å²) >= 11 is 0. The third kappa shape index (κ3) is 3.23. The molecule has 0 saturated carbocycles. The average molecular weight is 210 g/mol. The van der Waals surface area contributed by atoms with Gasteiger partial charge in [-0.05, 0) is 26.3 Å². The molecule has 0 radical (unpaired) electrons. The summed E-state index contributed by atoms with van der Waals surface area (Å²) in [4.78, 5) is 6.72. The predicted molar refractivity (Wildman–Crippen MR) is 64.1 cm³/mol. The van der Waals surface area contributed by atoms with Crippen LogP contribution in [-0.2, 0) is 6.54 Å². The minimum Gasteiger partial charge on any atom is -0.342 e. The normalized spacial score (nSPS) is 10.6. The molecule has 0 spiro atoms. The van der Waals surface area contributed by atoms with Crippen molar-refractivity contribution in [3.8, 4) is 0 Å².